The van der Waals surface area contributed by atoms with Crippen LogP contribution in [0.25, 0.3) is 0 Å². The smallest absolute Gasteiger partial charge is 0.273 e. The molecule has 5 nitrogen and oxygen atoms in total. The standard InChI is InChI=1S/C15H18N2O3/c1-10-7-8-12(13(18)9-10)15(20)17-16-14(19)11-5-3-2-4-6-11/h2-3,7-9,11,18H,4-6H2,1H3,(H,16,19)(H,17,20)/t11-/m1/s1. The highest BCUT2D eigenvalue weighted by molar-refractivity contribution is 5.97. The van der Waals surface area contributed by atoms with Gasteiger partial charge in [0.05, 0.1) is 5.56 Å². The number of hydrogen-bond acceptors (Lipinski definition) is 3. The first-order valence-corrected chi connectivity index (χ1v) is 6.62. The van der Waals surface area contributed by atoms with Crippen molar-refractivity contribution in [1.82, 2.24) is 10.9 Å². The first kappa shape index (κ1) is 14.1. The predicted octanol–water partition coefficient (Wildman–Crippen LogP) is 1.82. The van der Waals surface area contributed by atoms with Crippen LogP contribution in [-0.4, -0.2) is 16.9 Å². The summed E-state index contributed by atoms with van der Waals surface area (Å²) >= 11 is 0. The van der Waals surface area contributed by atoms with Gasteiger partial charge in [0.25, 0.3) is 5.91 Å². The Morgan fingerprint density at radius 1 is 1.25 bits per heavy atom. The minimum Gasteiger partial charge on any atom is -0.507 e. The van der Waals surface area contributed by atoms with E-state index in [1.807, 2.05) is 19.1 Å². The van der Waals surface area contributed by atoms with Gasteiger partial charge in [-0.3, -0.25) is 20.4 Å². The largest absolute Gasteiger partial charge is 0.507 e. The predicted molar refractivity (Wildman–Crippen MR) is 74.9 cm³/mol. The van der Waals surface area contributed by atoms with Crippen molar-refractivity contribution >= 4 is 11.8 Å². The maximum Gasteiger partial charge on any atom is 0.273 e. The van der Waals surface area contributed by atoms with Crippen LogP contribution in [0.15, 0.2) is 30.4 Å². The monoisotopic (exact) mass is 274 g/mol. The number of hydrogen-bond donors (Lipinski definition) is 3. The lowest BCUT2D eigenvalue weighted by Gasteiger charge is -2.17. The number of benzene rings is 1. The molecule has 20 heavy (non-hydrogen) atoms. The molecule has 0 bridgehead atoms. The summed E-state index contributed by atoms with van der Waals surface area (Å²) in [6, 6.07) is 4.75. The number of carbonyl (C=O) groups is 2. The Morgan fingerprint density at radius 3 is 2.70 bits per heavy atom. The third-order valence-corrected chi connectivity index (χ3v) is 3.34. The van der Waals surface area contributed by atoms with Gasteiger partial charge in [-0.25, -0.2) is 0 Å². The second kappa shape index (κ2) is 6.23. The molecule has 1 atom stereocenters. The molecule has 106 valence electrons. The van der Waals surface area contributed by atoms with Crippen molar-refractivity contribution < 1.29 is 14.7 Å². The first-order chi connectivity index (χ1) is 9.58. The van der Waals surface area contributed by atoms with Crippen molar-refractivity contribution in [2.24, 2.45) is 5.92 Å². The summed E-state index contributed by atoms with van der Waals surface area (Å²) in [4.78, 5) is 23.7. The van der Waals surface area contributed by atoms with Crippen LogP contribution in [0.4, 0.5) is 0 Å². The molecule has 0 unspecified atom stereocenters. The minimum absolute atomic E-state index is 0.0997. The highest BCUT2D eigenvalue weighted by atomic mass is 16.3. The van der Waals surface area contributed by atoms with Gasteiger partial charge in [-0.05, 0) is 43.9 Å². The van der Waals surface area contributed by atoms with Crippen LogP contribution < -0.4 is 10.9 Å². The highest BCUT2D eigenvalue weighted by Crippen LogP contribution is 2.19. The van der Waals surface area contributed by atoms with Crippen molar-refractivity contribution in [3.05, 3.63) is 41.5 Å². The molecule has 0 radical (unpaired) electrons. The maximum absolute atomic E-state index is 11.9. The Bertz CT molecular complexity index is 552. The van der Waals surface area contributed by atoms with Crippen LogP contribution in [0.5, 0.6) is 5.75 Å². The molecule has 0 fully saturated rings. The molecule has 1 aliphatic carbocycles. The van der Waals surface area contributed by atoms with Gasteiger partial charge in [-0.15, -0.1) is 0 Å². The van der Waals surface area contributed by atoms with E-state index < -0.39 is 5.91 Å². The fourth-order valence-electron chi connectivity index (χ4n) is 2.15. The van der Waals surface area contributed by atoms with Crippen LogP contribution in [-0.2, 0) is 4.79 Å². The van der Waals surface area contributed by atoms with E-state index in [9.17, 15) is 14.7 Å². The molecule has 0 aromatic heterocycles. The third kappa shape index (κ3) is 3.38. The summed E-state index contributed by atoms with van der Waals surface area (Å²) < 4.78 is 0. The van der Waals surface area contributed by atoms with Gasteiger partial charge in [0.2, 0.25) is 5.91 Å². The zero-order valence-electron chi connectivity index (χ0n) is 11.3. The molecule has 1 aromatic carbocycles. The van der Waals surface area contributed by atoms with E-state index in [0.717, 1.165) is 18.4 Å². The van der Waals surface area contributed by atoms with Gasteiger partial charge in [0.1, 0.15) is 5.75 Å². The van der Waals surface area contributed by atoms with E-state index in [1.165, 1.54) is 12.1 Å². The van der Waals surface area contributed by atoms with Gasteiger partial charge in [-0.2, -0.15) is 0 Å². The van der Waals surface area contributed by atoms with Gasteiger partial charge < -0.3 is 5.11 Å². The van der Waals surface area contributed by atoms with Gasteiger partial charge in [0.15, 0.2) is 0 Å². The lowest BCUT2D eigenvalue weighted by molar-refractivity contribution is -0.126. The summed E-state index contributed by atoms with van der Waals surface area (Å²) in [5.74, 6) is -0.930. The average molecular weight is 274 g/mol. The van der Waals surface area contributed by atoms with Gasteiger partial charge in [0, 0.05) is 5.92 Å². The van der Waals surface area contributed by atoms with E-state index >= 15 is 0 Å². The van der Waals surface area contributed by atoms with Crippen LogP contribution in [0.1, 0.15) is 35.2 Å². The number of hydrazine groups is 1. The number of phenolic OH excluding ortho intramolecular Hbond substituents is 1. The lowest BCUT2D eigenvalue weighted by Crippen LogP contribution is -2.44. The molecule has 1 aliphatic rings. The molecule has 0 aliphatic heterocycles. The summed E-state index contributed by atoms with van der Waals surface area (Å²) in [6.07, 6.45) is 6.38. The minimum atomic E-state index is -0.526. The molecular formula is C15H18N2O3. The number of rotatable bonds is 2. The maximum atomic E-state index is 11.9. The molecule has 3 N–H and O–H groups in total. The van der Waals surface area contributed by atoms with Crippen LogP contribution in [0, 0.1) is 12.8 Å². The second-order valence-electron chi connectivity index (χ2n) is 4.95. The average Bonchev–Trinajstić information content (AvgIpc) is 2.45. The molecule has 0 saturated carbocycles. The Labute approximate surface area is 117 Å². The summed E-state index contributed by atoms with van der Waals surface area (Å²) in [7, 11) is 0. The Morgan fingerprint density at radius 2 is 2.05 bits per heavy atom. The topological polar surface area (TPSA) is 78.4 Å². The number of carbonyl (C=O) groups excluding carboxylic acids is 2. The summed E-state index contributed by atoms with van der Waals surface area (Å²) in [5, 5.41) is 9.69. The quantitative estimate of drug-likeness (QED) is 0.568. The van der Waals surface area contributed by atoms with E-state index in [0.29, 0.717) is 6.42 Å². The fourth-order valence-corrected chi connectivity index (χ4v) is 2.15. The molecule has 1 aromatic rings. The van der Waals surface area contributed by atoms with Crippen molar-refractivity contribution in [3.8, 4) is 5.75 Å². The highest BCUT2D eigenvalue weighted by Gasteiger charge is 2.19. The number of aryl methyl sites for hydroxylation is 1. The van der Waals surface area contributed by atoms with Crippen molar-refractivity contribution in [3.63, 3.8) is 0 Å². The third-order valence-electron chi connectivity index (χ3n) is 3.34. The molecule has 0 saturated heterocycles. The Balaban J connectivity index is 1.91. The number of aromatic hydroxyl groups is 1. The van der Waals surface area contributed by atoms with E-state index in [-0.39, 0.29) is 23.1 Å². The first-order valence-electron chi connectivity index (χ1n) is 6.62. The normalized spacial score (nSPS) is 17.6. The summed E-state index contributed by atoms with van der Waals surface area (Å²) in [5.41, 5.74) is 5.74. The van der Waals surface area contributed by atoms with Gasteiger partial charge >= 0.3 is 0 Å². The number of allylic oxidation sites excluding steroid dienone is 2. The van der Waals surface area contributed by atoms with E-state index in [1.54, 1.807) is 6.07 Å². The molecule has 2 amide bonds. The van der Waals surface area contributed by atoms with Crippen LogP contribution in [0.2, 0.25) is 0 Å². The van der Waals surface area contributed by atoms with Crippen LogP contribution >= 0.6 is 0 Å². The molecule has 0 spiro atoms. The SMILES string of the molecule is Cc1ccc(C(=O)NNC(=O)[C@@H]2CC=CCC2)c(O)c1. The number of phenols is 1. The van der Waals surface area contributed by atoms with E-state index in [2.05, 4.69) is 10.9 Å². The zero-order chi connectivity index (χ0) is 14.5. The molecule has 5 heteroatoms. The fraction of sp³-hybridized carbons (Fsp3) is 0.333. The number of amides is 2. The summed E-state index contributed by atoms with van der Waals surface area (Å²) in [6.45, 7) is 1.82. The van der Waals surface area contributed by atoms with Gasteiger partial charge in [-0.1, -0.05) is 18.2 Å². The van der Waals surface area contributed by atoms with E-state index in [4.69, 9.17) is 0 Å². The Kier molecular flexibility index (Phi) is 4.40. The number of nitrogens with one attached hydrogen (secondary N) is 2. The zero-order valence-corrected chi connectivity index (χ0v) is 11.3. The Hall–Kier alpha value is -2.30. The van der Waals surface area contributed by atoms with Crippen molar-refractivity contribution in [2.75, 3.05) is 0 Å². The van der Waals surface area contributed by atoms with Crippen LogP contribution in [0.3, 0.4) is 0 Å². The molecule has 2 rings (SSSR count). The van der Waals surface area contributed by atoms with Crippen molar-refractivity contribution in [2.45, 2.75) is 26.2 Å². The lowest BCUT2D eigenvalue weighted by atomic mass is 9.94. The second-order valence-corrected chi connectivity index (χ2v) is 4.95. The molecule has 0 heterocycles. The molecular weight excluding hydrogens is 256 g/mol. The van der Waals surface area contributed by atoms with Crippen molar-refractivity contribution in [1.29, 1.82) is 0 Å².